The van der Waals surface area contributed by atoms with Gasteiger partial charge in [0.25, 0.3) is 0 Å². The van der Waals surface area contributed by atoms with Crippen molar-refractivity contribution in [3.05, 3.63) is 64.0 Å². The molecule has 0 fully saturated rings. The van der Waals surface area contributed by atoms with E-state index in [9.17, 15) is 10.4 Å². The Morgan fingerprint density at radius 1 is 1.33 bits per heavy atom. The molecule has 3 N–H and O–H groups in total. The zero-order valence-corrected chi connectivity index (χ0v) is 13.7. The lowest BCUT2D eigenvalue weighted by atomic mass is 9.83. The van der Waals surface area contributed by atoms with Crippen LogP contribution in [-0.2, 0) is 0 Å². The van der Waals surface area contributed by atoms with E-state index in [2.05, 4.69) is 6.07 Å². The number of nitriles is 1. The first kappa shape index (κ1) is 16.0. The van der Waals surface area contributed by atoms with Crippen LogP contribution in [0.3, 0.4) is 0 Å². The number of para-hydroxylation sites is 1. The SMILES string of the molecule is CCOc1ccccc1[C@@H]1C(C#N)=C(N)Oc2cc(O)c(Cl)cc21. The molecule has 0 bridgehead atoms. The number of phenolic OH excluding ortho intramolecular Hbond substituents is 1. The number of rotatable bonds is 3. The van der Waals surface area contributed by atoms with Crippen LogP contribution >= 0.6 is 11.6 Å². The normalized spacial score (nSPS) is 16.1. The third-order valence-corrected chi connectivity index (χ3v) is 4.12. The van der Waals surface area contributed by atoms with E-state index in [0.717, 1.165) is 5.56 Å². The summed E-state index contributed by atoms with van der Waals surface area (Å²) in [5, 5.41) is 19.6. The summed E-state index contributed by atoms with van der Waals surface area (Å²) in [5.41, 5.74) is 7.63. The Bertz CT molecular complexity index is 871. The summed E-state index contributed by atoms with van der Waals surface area (Å²) in [7, 11) is 0. The largest absolute Gasteiger partial charge is 0.506 e. The zero-order chi connectivity index (χ0) is 17.3. The molecule has 122 valence electrons. The molecule has 1 heterocycles. The van der Waals surface area contributed by atoms with Gasteiger partial charge in [0.05, 0.1) is 17.5 Å². The van der Waals surface area contributed by atoms with Crippen LogP contribution in [-0.4, -0.2) is 11.7 Å². The number of fused-ring (bicyclic) bond motifs is 1. The van der Waals surface area contributed by atoms with Crippen LogP contribution in [0.25, 0.3) is 0 Å². The number of aromatic hydroxyl groups is 1. The molecule has 0 radical (unpaired) electrons. The highest BCUT2D eigenvalue weighted by Crippen LogP contribution is 2.47. The van der Waals surface area contributed by atoms with Crippen LogP contribution in [0.5, 0.6) is 17.2 Å². The van der Waals surface area contributed by atoms with Crippen molar-refractivity contribution in [3.63, 3.8) is 0 Å². The summed E-state index contributed by atoms with van der Waals surface area (Å²) in [6.07, 6.45) is 0. The summed E-state index contributed by atoms with van der Waals surface area (Å²) in [4.78, 5) is 0. The van der Waals surface area contributed by atoms with Crippen molar-refractivity contribution in [2.45, 2.75) is 12.8 Å². The maximum atomic E-state index is 9.82. The fourth-order valence-electron chi connectivity index (χ4n) is 2.79. The molecule has 2 aromatic carbocycles. The minimum Gasteiger partial charge on any atom is -0.506 e. The van der Waals surface area contributed by atoms with Gasteiger partial charge in [-0.2, -0.15) is 5.26 Å². The Labute approximate surface area is 144 Å². The summed E-state index contributed by atoms with van der Waals surface area (Å²) < 4.78 is 11.2. The van der Waals surface area contributed by atoms with Crippen molar-refractivity contribution >= 4 is 11.6 Å². The smallest absolute Gasteiger partial charge is 0.205 e. The molecule has 0 aromatic heterocycles. The number of phenols is 1. The molecule has 6 heteroatoms. The molecule has 0 unspecified atom stereocenters. The molecule has 0 saturated heterocycles. The lowest BCUT2D eigenvalue weighted by Crippen LogP contribution is -2.21. The van der Waals surface area contributed by atoms with Gasteiger partial charge in [-0.05, 0) is 19.1 Å². The predicted octanol–water partition coefficient (Wildman–Crippen LogP) is 3.66. The summed E-state index contributed by atoms with van der Waals surface area (Å²) >= 11 is 6.06. The van der Waals surface area contributed by atoms with Gasteiger partial charge in [0.15, 0.2) is 0 Å². The minimum absolute atomic E-state index is 0.00280. The number of nitrogens with zero attached hydrogens (tertiary/aromatic N) is 1. The van der Waals surface area contributed by atoms with E-state index >= 15 is 0 Å². The second-order valence-corrected chi connectivity index (χ2v) is 5.64. The van der Waals surface area contributed by atoms with Crippen molar-refractivity contribution < 1.29 is 14.6 Å². The molecule has 2 aromatic rings. The second-order valence-electron chi connectivity index (χ2n) is 5.24. The van der Waals surface area contributed by atoms with Crippen LogP contribution in [0.15, 0.2) is 47.9 Å². The topological polar surface area (TPSA) is 88.5 Å². The van der Waals surface area contributed by atoms with Gasteiger partial charge < -0.3 is 20.3 Å². The molecule has 5 nitrogen and oxygen atoms in total. The van der Waals surface area contributed by atoms with Gasteiger partial charge in [0.2, 0.25) is 5.88 Å². The molecule has 0 amide bonds. The highest BCUT2D eigenvalue weighted by Gasteiger charge is 2.33. The average molecular weight is 343 g/mol. The number of ether oxygens (including phenoxy) is 2. The summed E-state index contributed by atoms with van der Waals surface area (Å²) in [6, 6.07) is 12.5. The molecule has 1 atom stereocenters. The molecule has 0 spiro atoms. The van der Waals surface area contributed by atoms with Crippen molar-refractivity contribution in [1.82, 2.24) is 0 Å². The Morgan fingerprint density at radius 3 is 2.79 bits per heavy atom. The molecular formula is C18H15ClN2O3. The number of hydrogen-bond donors (Lipinski definition) is 2. The van der Waals surface area contributed by atoms with Crippen molar-refractivity contribution in [1.29, 1.82) is 5.26 Å². The van der Waals surface area contributed by atoms with Crippen LogP contribution < -0.4 is 15.2 Å². The first-order chi connectivity index (χ1) is 11.6. The first-order valence-electron chi connectivity index (χ1n) is 7.38. The number of nitrogens with two attached hydrogens (primary N) is 1. The number of benzene rings is 2. The Morgan fingerprint density at radius 2 is 2.08 bits per heavy atom. The van der Waals surface area contributed by atoms with Gasteiger partial charge >= 0.3 is 0 Å². The fraction of sp³-hybridized carbons (Fsp3) is 0.167. The number of hydrogen-bond acceptors (Lipinski definition) is 5. The molecule has 1 aliphatic rings. The van der Waals surface area contributed by atoms with Crippen LogP contribution in [0.1, 0.15) is 24.0 Å². The fourth-order valence-corrected chi connectivity index (χ4v) is 2.96. The minimum atomic E-state index is -0.486. The molecule has 3 rings (SSSR count). The summed E-state index contributed by atoms with van der Waals surface area (Å²) in [6.45, 7) is 2.38. The quantitative estimate of drug-likeness (QED) is 0.888. The molecule has 0 saturated carbocycles. The monoisotopic (exact) mass is 342 g/mol. The van der Waals surface area contributed by atoms with Gasteiger partial charge in [0.1, 0.15) is 28.9 Å². The summed E-state index contributed by atoms with van der Waals surface area (Å²) in [5.74, 6) is 0.426. The van der Waals surface area contributed by atoms with Gasteiger partial charge in [0, 0.05) is 17.2 Å². The average Bonchev–Trinajstić information content (AvgIpc) is 2.56. The standard InChI is InChI=1S/C18H15ClN2O3/c1-2-23-15-6-4-3-5-10(15)17-11-7-13(19)14(22)8-16(11)24-18(21)12(17)9-20/h3-8,17,22H,2,21H2,1H3/t17-/m0/s1. The van der Waals surface area contributed by atoms with Gasteiger partial charge in [-0.25, -0.2) is 0 Å². The predicted molar refractivity (Wildman–Crippen MR) is 90.0 cm³/mol. The van der Waals surface area contributed by atoms with E-state index in [4.69, 9.17) is 26.8 Å². The number of allylic oxidation sites excluding steroid dienone is 1. The van der Waals surface area contributed by atoms with E-state index in [0.29, 0.717) is 23.7 Å². The Balaban J connectivity index is 2.26. The Kier molecular flexibility index (Phi) is 4.24. The zero-order valence-electron chi connectivity index (χ0n) is 12.9. The number of halogens is 1. The lowest BCUT2D eigenvalue weighted by Gasteiger charge is -2.28. The van der Waals surface area contributed by atoms with Gasteiger partial charge in [-0.15, -0.1) is 0 Å². The van der Waals surface area contributed by atoms with Crippen molar-refractivity contribution in [3.8, 4) is 23.3 Å². The van der Waals surface area contributed by atoms with E-state index in [1.165, 1.54) is 6.07 Å². The molecular weight excluding hydrogens is 328 g/mol. The third kappa shape index (κ3) is 2.61. The van der Waals surface area contributed by atoms with Crippen LogP contribution in [0.4, 0.5) is 0 Å². The van der Waals surface area contributed by atoms with Gasteiger partial charge in [-0.1, -0.05) is 29.8 Å². The van der Waals surface area contributed by atoms with E-state index in [-0.39, 0.29) is 22.2 Å². The molecule has 1 aliphatic heterocycles. The Hall–Kier alpha value is -2.84. The third-order valence-electron chi connectivity index (χ3n) is 3.81. The second kappa shape index (κ2) is 6.34. The molecule has 24 heavy (non-hydrogen) atoms. The van der Waals surface area contributed by atoms with E-state index in [1.54, 1.807) is 6.07 Å². The van der Waals surface area contributed by atoms with Crippen molar-refractivity contribution in [2.24, 2.45) is 5.73 Å². The maximum Gasteiger partial charge on any atom is 0.205 e. The van der Waals surface area contributed by atoms with Gasteiger partial charge in [-0.3, -0.25) is 0 Å². The highest BCUT2D eigenvalue weighted by atomic mass is 35.5. The molecule has 0 aliphatic carbocycles. The first-order valence-corrected chi connectivity index (χ1v) is 7.76. The van der Waals surface area contributed by atoms with E-state index in [1.807, 2.05) is 31.2 Å². The maximum absolute atomic E-state index is 9.82. The lowest BCUT2D eigenvalue weighted by molar-refractivity contribution is 0.334. The van der Waals surface area contributed by atoms with Crippen LogP contribution in [0, 0.1) is 11.3 Å². The van der Waals surface area contributed by atoms with Crippen LogP contribution in [0.2, 0.25) is 5.02 Å². The van der Waals surface area contributed by atoms with E-state index < -0.39 is 5.92 Å². The highest BCUT2D eigenvalue weighted by molar-refractivity contribution is 6.32. The van der Waals surface area contributed by atoms with Crippen molar-refractivity contribution in [2.75, 3.05) is 6.61 Å².